The number of fused-ring (bicyclic) bond motifs is 1. The van der Waals surface area contributed by atoms with Gasteiger partial charge in [-0.15, -0.1) is 0 Å². The van der Waals surface area contributed by atoms with Crippen molar-refractivity contribution in [2.24, 2.45) is 5.14 Å². The lowest BCUT2D eigenvalue weighted by Gasteiger charge is -2.26. The monoisotopic (exact) mass is 212 g/mol. The summed E-state index contributed by atoms with van der Waals surface area (Å²) < 4.78 is 14.1. The quantitative estimate of drug-likeness (QED) is 0.730. The van der Waals surface area contributed by atoms with Crippen LogP contribution < -0.4 is 19.3 Å². The molecule has 0 radical (unpaired) electrons. The predicted octanol–water partition coefficient (Wildman–Crippen LogP) is 0.938. The Kier molecular flexibility index (Phi) is 3.13. The van der Waals surface area contributed by atoms with E-state index in [1.54, 1.807) is 0 Å². The molecule has 1 heterocycles. The first kappa shape index (κ1) is 9.64. The van der Waals surface area contributed by atoms with Crippen LogP contribution in [0.2, 0.25) is 0 Å². The lowest BCUT2D eigenvalue weighted by atomic mass is 10.2. The Labute approximate surface area is 87.0 Å². The summed E-state index contributed by atoms with van der Waals surface area (Å²) >= 11 is 1.09. The maximum absolute atomic E-state index is 5.68. The summed E-state index contributed by atoms with van der Waals surface area (Å²) in [4.78, 5) is 0. The average molecular weight is 212 g/mol. The number of para-hydroxylation sites is 2. The zero-order chi connectivity index (χ0) is 9.80. The number of hydrogen-bond donors (Lipinski definition) is 2. The van der Waals surface area contributed by atoms with Crippen molar-refractivity contribution < 1.29 is 9.47 Å². The molecule has 76 valence electrons. The summed E-state index contributed by atoms with van der Waals surface area (Å²) in [5.41, 5.74) is 0. The molecule has 0 saturated heterocycles. The topological polar surface area (TPSA) is 56.5 Å². The number of nitrogens with two attached hydrogens (primary N) is 1. The molecular formula is C9H12N2O2S. The molecule has 2 rings (SSSR count). The Bertz CT molecular complexity index is 309. The molecule has 1 aromatic rings. The summed E-state index contributed by atoms with van der Waals surface area (Å²) in [7, 11) is 0. The highest BCUT2D eigenvalue weighted by atomic mass is 32.2. The van der Waals surface area contributed by atoms with Gasteiger partial charge in [0.2, 0.25) is 0 Å². The highest BCUT2D eigenvalue weighted by molar-refractivity contribution is 7.95. The second kappa shape index (κ2) is 4.54. The molecule has 0 aromatic heterocycles. The Morgan fingerprint density at radius 1 is 1.43 bits per heavy atom. The third-order valence-electron chi connectivity index (χ3n) is 1.96. The first-order chi connectivity index (χ1) is 6.90. The van der Waals surface area contributed by atoms with Crippen LogP contribution in [0.3, 0.4) is 0 Å². The molecule has 0 aliphatic carbocycles. The van der Waals surface area contributed by atoms with Gasteiger partial charge in [0.1, 0.15) is 12.7 Å². The van der Waals surface area contributed by atoms with Gasteiger partial charge in [0, 0.05) is 18.7 Å². The lowest BCUT2D eigenvalue weighted by molar-refractivity contribution is 0.0948. The van der Waals surface area contributed by atoms with Crippen LogP contribution in [0, 0.1) is 0 Å². The number of nitrogens with one attached hydrogen (secondary N) is 1. The molecule has 5 heteroatoms. The summed E-state index contributed by atoms with van der Waals surface area (Å²) in [6, 6.07) is 7.65. The third kappa shape index (κ3) is 2.12. The first-order valence-electron chi connectivity index (χ1n) is 4.37. The number of rotatable bonds is 3. The van der Waals surface area contributed by atoms with E-state index >= 15 is 0 Å². The smallest absolute Gasteiger partial charge is 0.161 e. The normalized spacial score (nSPS) is 19.4. The largest absolute Gasteiger partial charge is 0.486 e. The van der Waals surface area contributed by atoms with E-state index < -0.39 is 0 Å². The number of ether oxygens (including phenoxy) is 2. The minimum atomic E-state index is 0.0287. The molecule has 14 heavy (non-hydrogen) atoms. The van der Waals surface area contributed by atoms with Crippen LogP contribution in [-0.2, 0) is 0 Å². The van der Waals surface area contributed by atoms with E-state index in [1.165, 1.54) is 0 Å². The minimum absolute atomic E-state index is 0.0287. The van der Waals surface area contributed by atoms with E-state index in [0.717, 1.165) is 23.6 Å². The van der Waals surface area contributed by atoms with Gasteiger partial charge in [-0.3, -0.25) is 5.14 Å². The van der Waals surface area contributed by atoms with Crippen molar-refractivity contribution >= 4 is 12.1 Å². The molecule has 3 N–H and O–H groups in total. The van der Waals surface area contributed by atoms with Crippen molar-refractivity contribution in [2.45, 2.75) is 6.10 Å². The van der Waals surface area contributed by atoms with Gasteiger partial charge >= 0.3 is 0 Å². The standard InChI is InChI=1S/C9H12N2O2S/c10-14-11-5-7-6-12-8-3-1-2-4-9(8)13-7/h1-4,7,11H,5-6,10H2. The lowest BCUT2D eigenvalue weighted by Crippen LogP contribution is -2.36. The van der Waals surface area contributed by atoms with Crippen LogP contribution in [0.1, 0.15) is 0 Å². The van der Waals surface area contributed by atoms with E-state index in [9.17, 15) is 0 Å². The SMILES string of the molecule is NSNCC1COc2ccccc2O1. The molecule has 1 atom stereocenters. The molecule has 0 spiro atoms. The molecule has 4 nitrogen and oxygen atoms in total. The molecule has 1 aromatic carbocycles. The van der Waals surface area contributed by atoms with Crippen LogP contribution in [0.15, 0.2) is 24.3 Å². The zero-order valence-corrected chi connectivity index (χ0v) is 8.42. The third-order valence-corrected chi connectivity index (χ3v) is 2.30. The molecule has 0 fully saturated rings. The van der Waals surface area contributed by atoms with Crippen LogP contribution in [0.4, 0.5) is 0 Å². The van der Waals surface area contributed by atoms with E-state index in [4.69, 9.17) is 14.6 Å². The van der Waals surface area contributed by atoms with Gasteiger partial charge in [-0.05, 0) is 12.1 Å². The Balaban J connectivity index is 1.99. The van der Waals surface area contributed by atoms with Crippen LogP contribution in [-0.4, -0.2) is 19.3 Å². The predicted molar refractivity (Wildman–Crippen MR) is 56.1 cm³/mol. The van der Waals surface area contributed by atoms with Crippen LogP contribution in [0.5, 0.6) is 11.5 Å². The maximum Gasteiger partial charge on any atom is 0.161 e. The van der Waals surface area contributed by atoms with E-state index in [0.29, 0.717) is 13.2 Å². The van der Waals surface area contributed by atoms with Gasteiger partial charge in [0.15, 0.2) is 11.5 Å². The molecule has 1 aliphatic rings. The number of benzene rings is 1. The van der Waals surface area contributed by atoms with Gasteiger partial charge in [0.05, 0.1) is 0 Å². The van der Waals surface area contributed by atoms with Gasteiger partial charge < -0.3 is 9.47 Å². The minimum Gasteiger partial charge on any atom is -0.486 e. The summed E-state index contributed by atoms with van der Waals surface area (Å²) in [5, 5.41) is 5.25. The fourth-order valence-corrected chi connectivity index (χ4v) is 1.59. The van der Waals surface area contributed by atoms with Crippen molar-refractivity contribution in [1.29, 1.82) is 0 Å². The second-order valence-corrected chi connectivity index (χ2v) is 3.49. The van der Waals surface area contributed by atoms with Crippen molar-refractivity contribution in [1.82, 2.24) is 4.72 Å². The van der Waals surface area contributed by atoms with Gasteiger partial charge in [-0.25, -0.2) is 4.72 Å². The molecule has 1 aliphatic heterocycles. The maximum atomic E-state index is 5.68. The van der Waals surface area contributed by atoms with E-state index in [-0.39, 0.29) is 6.10 Å². The zero-order valence-electron chi connectivity index (χ0n) is 7.60. The molecular weight excluding hydrogens is 200 g/mol. The molecule has 0 bridgehead atoms. The average Bonchev–Trinajstić information content (AvgIpc) is 2.26. The summed E-state index contributed by atoms with van der Waals surface area (Å²) in [6.45, 7) is 1.24. The Morgan fingerprint density at radius 2 is 2.21 bits per heavy atom. The van der Waals surface area contributed by atoms with Crippen molar-refractivity contribution in [2.75, 3.05) is 13.2 Å². The highest BCUT2D eigenvalue weighted by Gasteiger charge is 2.19. The Morgan fingerprint density at radius 3 is 3.00 bits per heavy atom. The molecule has 0 saturated carbocycles. The fourth-order valence-electron chi connectivity index (χ4n) is 1.30. The van der Waals surface area contributed by atoms with Crippen molar-refractivity contribution in [3.8, 4) is 11.5 Å². The van der Waals surface area contributed by atoms with Crippen molar-refractivity contribution in [3.05, 3.63) is 24.3 Å². The van der Waals surface area contributed by atoms with Gasteiger partial charge in [-0.2, -0.15) is 0 Å². The van der Waals surface area contributed by atoms with Gasteiger partial charge in [0.25, 0.3) is 0 Å². The number of hydrogen-bond acceptors (Lipinski definition) is 5. The van der Waals surface area contributed by atoms with E-state index in [2.05, 4.69) is 4.72 Å². The van der Waals surface area contributed by atoms with Crippen molar-refractivity contribution in [3.63, 3.8) is 0 Å². The second-order valence-electron chi connectivity index (χ2n) is 2.96. The summed E-state index contributed by atoms with van der Waals surface area (Å²) in [6.07, 6.45) is 0.0287. The molecule has 1 unspecified atom stereocenters. The summed E-state index contributed by atoms with van der Waals surface area (Å²) in [5.74, 6) is 1.61. The Hall–Kier alpha value is -0.910. The fraction of sp³-hybridized carbons (Fsp3) is 0.333. The van der Waals surface area contributed by atoms with E-state index in [1.807, 2.05) is 24.3 Å². The van der Waals surface area contributed by atoms with Gasteiger partial charge in [-0.1, -0.05) is 12.1 Å². The first-order valence-corrected chi connectivity index (χ1v) is 5.25. The van der Waals surface area contributed by atoms with Crippen LogP contribution in [0.25, 0.3) is 0 Å². The highest BCUT2D eigenvalue weighted by Crippen LogP contribution is 2.30. The van der Waals surface area contributed by atoms with Crippen LogP contribution >= 0.6 is 12.1 Å². The molecule has 0 amide bonds.